The SMILES string of the molecule is CC(C)C1C2CCC2CCN1C(C)C. The first-order valence-electron chi connectivity index (χ1n) is 6.37. The van der Waals surface area contributed by atoms with Gasteiger partial charge < -0.3 is 0 Å². The summed E-state index contributed by atoms with van der Waals surface area (Å²) in [6.07, 6.45) is 4.47. The second-order valence-electron chi connectivity index (χ2n) is 5.86. The van der Waals surface area contributed by atoms with Crippen LogP contribution in [0.1, 0.15) is 47.0 Å². The average Bonchev–Trinajstić information content (AvgIpc) is 2.05. The first kappa shape index (κ1) is 10.5. The van der Waals surface area contributed by atoms with Gasteiger partial charge in [0, 0.05) is 12.1 Å². The van der Waals surface area contributed by atoms with Gasteiger partial charge in [0.05, 0.1) is 0 Å². The molecule has 14 heavy (non-hydrogen) atoms. The number of hydrogen-bond donors (Lipinski definition) is 0. The van der Waals surface area contributed by atoms with Gasteiger partial charge in [0.2, 0.25) is 0 Å². The van der Waals surface area contributed by atoms with Gasteiger partial charge in [0.1, 0.15) is 0 Å². The number of fused-ring (bicyclic) bond motifs is 1. The van der Waals surface area contributed by atoms with Crippen LogP contribution >= 0.6 is 0 Å². The molecule has 3 atom stereocenters. The summed E-state index contributed by atoms with van der Waals surface area (Å²) in [7, 11) is 0. The van der Waals surface area contributed by atoms with Gasteiger partial charge in [-0.3, -0.25) is 4.90 Å². The predicted molar refractivity (Wildman–Crippen MR) is 61.3 cm³/mol. The monoisotopic (exact) mass is 195 g/mol. The zero-order valence-corrected chi connectivity index (χ0v) is 10.2. The minimum absolute atomic E-state index is 0.740. The molecule has 0 spiro atoms. The lowest BCUT2D eigenvalue weighted by Gasteiger charge is -2.54. The van der Waals surface area contributed by atoms with E-state index in [0.717, 1.165) is 29.8 Å². The molecule has 2 aliphatic rings. The Balaban J connectivity index is 2.09. The third kappa shape index (κ3) is 1.60. The van der Waals surface area contributed by atoms with Gasteiger partial charge in [0.15, 0.2) is 0 Å². The van der Waals surface area contributed by atoms with Crippen LogP contribution in [0.15, 0.2) is 0 Å². The molecule has 2 fully saturated rings. The van der Waals surface area contributed by atoms with E-state index in [2.05, 4.69) is 32.6 Å². The van der Waals surface area contributed by atoms with Crippen LogP contribution in [-0.4, -0.2) is 23.5 Å². The Kier molecular flexibility index (Phi) is 2.88. The van der Waals surface area contributed by atoms with Gasteiger partial charge in [-0.2, -0.15) is 0 Å². The highest BCUT2D eigenvalue weighted by atomic mass is 15.2. The van der Waals surface area contributed by atoms with Gasteiger partial charge in [0.25, 0.3) is 0 Å². The van der Waals surface area contributed by atoms with E-state index in [-0.39, 0.29) is 0 Å². The molecule has 1 aliphatic heterocycles. The first-order chi connectivity index (χ1) is 6.61. The van der Waals surface area contributed by atoms with Crippen LogP contribution in [0.2, 0.25) is 0 Å². The van der Waals surface area contributed by atoms with E-state index in [4.69, 9.17) is 0 Å². The molecule has 0 radical (unpaired) electrons. The topological polar surface area (TPSA) is 3.24 Å². The standard InChI is InChI=1S/C13H25N/c1-9(2)13-12-6-5-11(12)7-8-14(13)10(3)4/h9-13H,5-8H2,1-4H3. The fourth-order valence-electron chi connectivity index (χ4n) is 3.59. The molecule has 0 aromatic carbocycles. The van der Waals surface area contributed by atoms with Crippen molar-refractivity contribution >= 4 is 0 Å². The first-order valence-corrected chi connectivity index (χ1v) is 6.37. The smallest absolute Gasteiger partial charge is 0.0152 e. The van der Waals surface area contributed by atoms with Crippen LogP contribution in [0.5, 0.6) is 0 Å². The Morgan fingerprint density at radius 2 is 1.71 bits per heavy atom. The van der Waals surface area contributed by atoms with E-state index in [0.29, 0.717) is 0 Å². The zero-order chi connectivity index (χ0) is 10.3. The molecule has 2 rings (SSSR count). The molecule has 0 amide bonds. The fourth-order valence-corrected chi connectivity index (χ4v) is 3.59. The van der Waals surface area contributed by atoms with Gasteiger partial charge >= 0.3 is 0 Å². The summed E-state index contributed by atoms with van der Waals surface area (Å²) in [5.41, 5.74) is 0. The lowest BCUT2D eigenvalue weighted by Crippen LogP contribution is -2.57. The Bertz CT molecular complexity index is 197. The number of nitrogens with zero attached hydrogens (tertiary/aromatic N) is 1. The highest BCUT2D eigenvalue weighted by molar-refractivity contribution is 4.97. The molecule has 0 N–H and O–H groups in total. The Morgan fingerprint density at radius 1 is 1.00 bits per heavy atom. The number of piperidine rings is 1. The molecule has 1 heterocycles. The molecule has 1 saturated heterocycles. The second kappa shape index (κ2) is 3.84. The zero-order valence-electron chi connectivity index (χ0n) is 10.2. The molecular formula is C13H25N. The third-order valence-electron chi connectivity index (χ3n) is 4.40. The molecular weight excluding hydrogens is 170 g/mol. The normalized spacial score (nSPS) is 38.6. The van der Waals surface area contributed by atoms with Crippen LogP contribution in [0.25, 0.3) is 0 Å². The summed E-state index contributed by atoms with van der Waals surface area (Å²) in [6, 6.07) is 1.62. The maximum Gasteiger partial charge on any atom is 0.0152 e. The highest BCUT2D eigenvalue weighted by Gasteiger charge is 2.44. The second-order valence-corrected chi connectivity index (χ2v) is 5.86. The van der Waals surface area contributed by atoms with Crippen molar-refractivity contribution in [3.8, 4) is 0 Å². The predicted octanol–water partition coefficient (Wildman–Crippen LogP) is 3.15. The molecule has 0 aromatic heterocycles. The molecule has 82 valence electrons. The van der Waals surface area contributed by atoms with Crippen molar-refractivity contribution in [2.24, 2.45) is 17.8 Å². The van der Waals surface area contributed by atoms with Crippen molar-refractivity contribution in [1.29, 1.82) is 0 Å². The molecule has 1 saturated carbocycles. The van der Waals surface area contributed by atoms with Crippen molar-refractivity contribution in [3.05, 3.63) is 0 Å². The quantitative estimate of drug-likeness (QED) is 0.654. The van der Waals surface area contributed by atoms with Crippen LogP contribution in [0.4, 0.5) is 0 Å². The Morgan fingerprint density at radius 3 is 2.14 bits per heavy atom. The van der Waals surface area contributed by atoms with Gasteiger partial charge in [-0.1, -0.05) is 13.8 Å². The summed E-state index contributed by atoms with van der Waals surface area (Å²) in [6.45, 7) is 10.9. The molecule has 1 nitrogen and oxygen atoms in total. The molecule has 1 heteroatoms. The van der Waals surface area contributed by atoms with Crippen LogP contribution in [-0.2, 0) is 0 Å². The lowest BCUT2D eigenvalue weighted by atomic mass is 9.63. The van der Waals surface area contributed by atoms with E-state index >= 15 is 0 Å². The summed E-state index contributed by atoms with van der Waals surface area (Å²) in [5, 5.41) is 0. The fraction of sp³-hybridized carbons (Fsp3) is 1.00. The van der Waals surface area contributed by atoms with Gasteiger partial charge in [-0.25, -0.2) is 0 Å². The number of rotatable bonds is 2. The van der Waals surface area contributed by atoms with Crippen molar-refractivity contribution in [3.63, 3.8) is 0 Å². The van der Waals surface area contributed by atoms with Gasteiger partial charge in [-0.05, 0) is 57.4 Å². The minimum Gasteiger partial charge on any atom is -0.297 e. The maximum atomic E-state index is 2.75. The van der Waals surface area contributed by atoms with Gasteiger partial charge in [-0.15, -0.1) is 0 Å². The summed E-state index contributed by atoms with van der Waals surface area (Å²) < 4.78 is 0. The number of hydrogen-bond acceptors (Lipinski definition) is 1. The summed E-state index contributed by atoms with van der Waals surface area (Å²) >= 11 is 0. The van der Waals surface area contributed by atoms with E-state index < -0.39 is 0 Å². The van der Waals surface area contributed by atoms with E-state index in [1.165, 1.54) is 25.8 Å². The maximum absolute atomic E-state index is 2.75. The van der Waals surface area contributed by atoms with Crippen LogP contribution < -0.4 is 0 Å². The largest absolute Gasteiger partial charge is 0.297 e. The van der Waals surface area contributed by atoms with Crippen LogP contribution in [0.3, 0.4) is 0 Å². The molecule has 1 aliphatic carbocycles. The highest BCUT2D eigenvalue weighted by Crippen LogP contribution is 2.46. The van der Waals surface area contributed by atoms with Crippen molar-refractivity contribution in [2.45, 2.75) is 59.0 Å². The van der Waals surface area contributed by atoms with E-state index in [9.17, 15) is 0 Å². The minimum atomic E-state index is 0.740. The van der Waals surface area contributed by atoms with Crippen LogP contribution in [0, 0.1) is 17.8 Å². The number of likely N-dealkylation sites (tertiary alicyclic amines) is 1. The third-order valence-corrected chi connectivity index (χ3v) is 4.40. The Labute approximate surface area is 88.9 Å². The average molecular weight is 195 g/mol. The summed E-state index contributed by atoms with van der Waals surface area (Å²) in [4.78, 5) is 2.75. The molecule has 0 aromatic rings. The van der Waals surface area contributed by atoms with E-state index in [1.807, 2.05) is 0 Å². The van der Waals surface area contributed by atoms with Crippen molar-refractivity contribution in [1.82, 2.24) is 4.90 Å². The molecule has 0 bridgehead atoms. The summed E-state index contributed by atoms with van der Waals surface area (Å²) in [5.74, 6) is 2.95. The lowest BCUT2D eigenvalue weighted by molar-refractivity contribution is -0.0479. The van der Waals surface area contributed by atoms with Crippen molar-refractivity contribution < 1.29 is 0 Å². The van der Waals surface area contributed by atoms with E-state index in [1.54, 1.807) is 0 Å². The Hall–Kier alpha value is -0.0400. The molecule has 3 unspecified atom stereocenters. The van der Waals surface area contributed by atoms with Crippen molar-refractivity contribution in [2.75, 3.05) is 6.54 Å².